The number of hydrogen-bond acceptors (Lipinski definition) is 4. The largest absolute Gasteiger partial charge is 0.453 e. The average molecular weight is 337 g/mol. The third-order valence-electron chi connectivity index (χ3n) is 4.00. The molecule has 1 heterocycles. The first kappa shape index (κ1) is 18.0. The monoisotopic (exact) mass is 337 g/mol. The van der Waals surface area contributed by atoms with Crippen LogP contribution in [0.3, 0.4) is 0 Å². The van der Waals surface area contributed by atoms with Gasteiger partial charge in [0, 0.05) is 20.1 Å². The van der Waals surface area contributed by atoms with Crippen molar-refractivity contribution in [1.29, 1.82) is 0 Å². The fourth-order valence-electron chi connectivity index (χ4n) is 3.26. The van der Waals surface area contributed by atoms with Crippen LogP contribution in [0.15, 0.2) is 30.3 Å². The molecule has 0 spiro atoms. The van der Waals surface area contributed by atoms with Crippen molar-refractivity contribution >= 4 is 14.4 Å². The zero-order valence-electron chi connectivity index (χ0n) is 14.7. The van der Waals surface area contributed by atoms with Crippen LogP contribution in [0.25, 0.3) is 0 Å². The Kier molecular flexibility index (Phi) is 5.49. The lowest BCUT2D eigenvalue weighted by Crippen LogP contribution is -2.58. The van der Waals surface area contributed by atoms with Gasteiger partial charge in [0.2, 0.25) is 0 Å². The number of likely N-dealkylation sites (tertiary alicyclic amines) is 1. The predicted octanol–water partition coefficient (Wildman–Crippen LogP) is 3.78. The summed E-state index contributed by atoms with van der Waals surface area (Å²) in [5, 5.41) is 0. The zero-order valence-corrected chi connectivity index (χ0v) is 15.7. The van der Waals surface area contributed by atoms with Crippen LogP contribution in [0, 0.1) is 0 Å². The number of nitrogens with zero attached hydrogens (tertiary/aromatic N) is 1. The van der Waals surface area contributed by atoms with E-state index in [1.54, 1.807) is 12.0 Å². The molecule has 1 amide bonds. The van der Waals surface area contributed by atoms with Gasteiger partial charge >= 0.3 is 6.09 Å². The Bertz CT molecular complexity index is 531. The Hall–Kier alpha value is -1.37. The Morgan fingerprint density at radius 3 is 2.39 bits per heavy atom. The van der Waals surface area contributed by atoms with Gasteiger partial charge in [-0.2, -0.15) is 0 Å². The van der Waals surface area contributed by atoms with Gasteiger partial charge in [0.1, 0.15) is 6.04 Å². The standard InChI is InChI=1S/C17H27NO4Si/c1-20-16(19)18-13-9-12-17(21-2,22-23(3,4)5)15(18)14-10-7-6-8-11-14/h6-8,10-11,15H,9,12-13H2,1-5H3. The van der Waals surface area contributed by atoms with Crippen LogP contribution in [0.1, 0.15) is 24.4 Å². The number of carbonyl (C=O) groups excluding carboxylic acids is 1. The normalized spacial score (nSPS) is 25.3. The fraction of sp³-hybridized carbons (Fsp3) is 0.588. The molecule has 0 N–H and O–H groups in total. The van der Waals surface area contributed by atoms with Gasteiger partial charge in [-0.3, -0.25) is 4.90 Å². The van der Waals surface area contributed by atoms with Crippen LogP contribution in [-0.4, -0.2) is 45.9 Å². The Morgan fingerprint density at radius 2 is 1.87 bits per heavy atom. The Labute approximate surface area is 139 Å². The topological polar surface area (TPSA) is 48.0 Å². The molecule has 2 unspecified atom stereocenters. The molecule has 0 bridgehead atoms. The maximum Gasteiger partial charge on any atom is 0.410 e. The summed E-state index contributed by atoms with van der Waals surface area (Å²) in [4.78, 5) is 14.0. The predicted molar refractivity (Wildman–Crippen MR) is 91.7 cm³/mol. The van der Waals surface area contributed by atoms with Crippen molar-refractivity contribution in [2.24, 2.45) is 0 Å². The second-order valence-corrected chi connectivity index (χ2v) is 11.2. The van der Waals surface area contributed by atoms with Gasteiger partial charge in [-0.15, -0.1) is 0 Å². The minimum atomic E-state index is -1.89. The summed E-state index contributed by atoms with van der Waals surface area (Å²) in [6.07, 6.45) is 1.22. The second kappa shape index (κ2) is 7.03. The summed E-state index contributed by atoms with van der Waals surface area (Å²) in [6.45, 7) is 7.03. The number of benzene rings is 1. The van der Waals surface area contributed by atoms with E-state index in [0.29, 0.717) is 6.54 Å². The van der Waals surface area contributed by atoms with Crippen molar-refractivity contribution in [3.8, 4) is 0 Å². The van der Waals surface area contributed by atoms with Crippen LogP contribution in [0.2, 0.25) is 19.6 Å². The molecule has 0 aliphatic carbocycles. The van der Waals surface area contributed by atoms with Gasteiger partial charge in [0.25, 0.3) is 0 Å². The van der Waals surface area contributed by atoms with E-state index >= 15 is 0 Å². The van der Waals surface area contributed by atoms with Crippen LogP contribution in [-0.2, 0) is 13.9 Å². The van der Waals surface area contributed by atoms with E-state index in [1.807, 2.05) is 30.3 Å². The number of piperidine rings is 1. The van der Waals surface area contributed by atoms with Gasteiger partial charge in [-0.05, 0) is 31.6 Å². The molecule has 0 aromatic heterocycles. The lowest BCUT2D eigenvalue weighted by molar-refractivity contribution is -0.229. The highest BCUT2D eigenvalue weighted by molar-refractivity contribution is 6.69. The highest BCUT2D eigenvalue weighted by Gasteiger charge is 2.51. The number of methoxy groups -OCH3 is 2. The van der Waals surface area contributed by atoms with Crippen LogP contribution in [0.5, 0.6) is 0 Å². The molecular formula is C17H27NO4Si. The SMILES string of the molecule is COC(=O)N1CCCC(OC)(O[Si](C)(C)C)C1c1ccccc1. The molecule has 1 aliphatic rings. The highest BCUT2D eigenvalue weighted by Crippen LogP contribution is 2.44. The van der Waals surface area contributed by atoms with Gasteiger partial charge in [-0.25, -0.2) is 4.79 Å². The zero-order chi connectivity index (χ0) is 17.1. The van der Waals surface area contributed by atoms with Crippen LogP contribution < -0.4 is 0 Å². The number of rotatable bonds is 4. The van der Waals surface area contributed by atoms with E-state index in [2.05, 4.69) is 19.6 Å². The molecule has 1 aromatic rings. The molecule has 5 nitrogen and oxygen atoms in total. The first-order valence-electron chi connectivity index (χ1n) is 7.98. The summed E-state index contributed by atoms with van der Waals surface area (Å²) in [6, 6.07) is 9.59. The first-order chi connectivity index (χ1) is 10.8. The summed E-state index contributed by atoms with van der Waals surface area (Å²) in [5.74, 6) is -0.835. The quantitative estimate of drug-likeness (QED) is 0.619. The highest BCUT2D eigenvalue weighted by atomic mass is 28.4. The molecule has 0 radical (unpaired) electrons. The van der Waals surface area contributed by atoms with E-state index in [9.17, 15) is 4.79 Å². The average Bonchev–Trinajstić information content (AvgIpc) is 2.53. The van der Waals surface area contributed by atoms with Gasteiger partial charge in [0.05, 0.1) is 7.11 Å². The lowest BCUT2D eigenvalue weighted by atomic mass is 9.89. The smallest absolute Gasteiger partial charge is 0.410 e. The van der Waals surface area contributed by atoms with E-state index in [4.69, 9.17) is 13.9 Å². The van der Waals surface area contributed by atoms with Crippen molar-refractivity contribution in [3.63, 3.8) is 0 Å². The van der Waals surface area contributed by atoms with Gasteiger partial charge in [-0.1, -0.05) is 30.3 Å². The third-order valence-corrected chi connectivity index (χ3v) is 4.96. The maximum atomic E-state index is 12.3. The van der Waals surface area contributed by atoms with E-state index in [0.717, 1.165) is 18.4 Å². The van der Waals surface area contributed by atoms with Crippen molar-refractivity contribution in [3.05, 3.63) is 35.9 Å². The molecule has 2 atom stereocenters. The molecule has 6 heteroatoms. The Morgan fingerprint density at radius 1 is 1.22 bits per heavy atom. The summed E-state index contributed by atoms with van der Waals surface area (Å²) in [5.41, 5.74) is 0.998. The minimum absolute atomic E-state index is 0.318. The van der Waals surface area contributed by atoms with Gasteiger partial charge < -0.3 is 13.9 Å². The van der Waals surface area contributed by atoms with Crippen LogP contribution >= 0.6 is 0 Å². The third kappa shape index (κ3) is 3.94. The molecule has 1 saturated heterocycles. The Balaban J connectivity index is 2.51. The lowest BCUT2D eigenvalue weighted by Gasteiger charge is -2.50. The second-order valence-electron chi connectivity index (χ2n) is 6.81. The van der Waals surface area contributed by atoms with Crippen LogP contribution in [0.4, 0.5) is 4.79 Å². The molecule has 1 fully saturated rings. The molecular weight excluding hydrogens is 310 g/mol. The first-order valence-corrected chi connectivity index (χ1v) is 11.4. The number of hydrogen-bond donors (Lipinski definition) is 0. The molecule has 23 heavy (non-hydrogen) atoms. The van der Waals surface area contributed by atoms with Crippen molar-refractivity contribution in [2.75, 3.05) is 20.8 Å². The molecule has 2 rings (SSSR count). The van der Waals surface area contributed by atoms with Crippen molar-refractivity contribution in [1.82, 2.24) is 4.90 Å². The molecule has 1 aliphatic heterocycles. The molecule has 0 saturated carbocycles. The summed E-state index contributed by atoms with van der Waals surface area (Å²) >= 11 is 0. The fourth-order valence-corrected chi connectivity index (χ4v) is 4.60. The maximum absolute atomic E-state index is 12.3. The number of ether oxygens (including phenoxy) is 2. The summed E-state index contributed by atoms with van der Waals surface area (Å²) in [7, 11) is 1.18. The number of amides is 1. The summed E-state index contributed by atoms with van der Waals surface area (Å²) < 4.78 is 17.4. The van der Waals surface area contributed by atoms with Crippen molar-refractivity contribution in [2.45, 2.75) is 44.3 Å². The van der Waals surface area contributed by atoms with E-state index in [-0.39, 0.29) is 12.1 Å². The van der Waals surface area contributed by atoms with Gasteiger partial charge in [0.15, 0.2) is 14.1 Å². The number of carbonyl (C=O) groups is 1. The van der Waals surface area contributed by atoms with E-state index < -0.39 is 14.1 Å². The van der Waals surface area contributed by atoms with Crippen molar-refractivity contribution < 1.29 is 18.7 Å². The minimum Gasteiger partial charge on any atom is -0.453 e. The molecule has 128 valence electrons. The van der Waals surface area contributed by atoms with E-state index in [1.165, 1.54) is 7.11 Å². The molecule has 1 aromatic carbocycles.